The van der Waals surface area contributed by atoms with Crippen LogP contribution in [0.4, 0.5) is 5.82 Å². The summed E-state index contributed by atoms with van der Waals surface area (Å²) in [5.74, 6) is 0.209. The van der Waals surface area contributed by atoms with Gasteiger partial charge >= 0.3 is 0 Å². The van der Waals surface area contributed by atoms with Gasteiger partial charge in [-0.2, -0.15) is 10.2 Å². The number of benzene rings is 1. The maximum atomic E-state index is 12.5. The van der Waals surface area contributed by atoms with Gasteiger partial charge in [0.2, 0.25) is 0 Å². The Morgan fingerprint density at radius 2 is 2.08 bits per heavy atom. The van der Waals surface area contributed by atoms with E-state index in [-0.39, 0.29) is 5.91 Å². The minimum atomic E-state index is -0.264. The molecule has 24 heavy (non-hydrogen) atoms. The predicted octanol–water partition coefficient (Wildman–Crippen LogP) is 2.70. The van der Waals surface area contributed by atoms with Gasteiger partial charge in [0.15, 0.2) is 5.82 Å². The lowest BCUT2D eigenvalue weighted by molar-refractivity contribution is 0.102. The molecule has 0 aliphatic rings. The van der Waals surface area contributed by atoms with E-state index in [0.29, 0.717) is 11.4 Å². The Morgan fingerprint density at radius 3 is 2.96 bits per heavy atom. The fraction of sp³-hybridized carbons (Fsp3) is 0.0588. The van der Waals surface area contributed by atoms with Crippen LogP contribution in [-0.4, -0.2) is 30.9 Å². The summed E-state index contributed by atoms with van der Waals surface area (Å²) in [5.41, 5.74) is 3.25. The van der Waals surface area contributed by atoms with E-state index in [1.165, 1.54) is 6.20 Å². The molecule has 7 heteroatoms. The first-order chi connectivity index (χ1) is 11.7. The van der Waals surface area contributed by atoms with Gasteiger partial charge in [0.25, 0.3) is 5.91 Å². The number of anilines is 1. The molecule has 0 radical (unpaired) electrons. The molecule has 0 aliphatic heterocycles. The average molecular weight is 318 g/mol. The highest BCUT2D eigenvalue weighted by atomic mass is 16.1. The molecule has 2 N–H and O–H groups in total. The Labute approximate surface area is 137 Å². The van der Waals surface area contributed by atoms with Crippen LogP contribution in [0.3, 0.4) is 0 Å². The van der Waals surface area contributed by atoms with Crippen molar-refractivity contribution in [3.63, 3.8) is 0 Å². The third kappa shape index (κ3) is 2.41. The van der Waals surface area contributed by atoms with Crippen LogP contribution in [-0.2, 0) is 0 Å². The average Bonchev–Trinajstić information content (AvgIpc) is 3.23. The number of fused-ring (bicyclic) bond motifs is 1. The van der Waals surface area contributed by atoms with Crippen molar-refractivity contribution in [1.82, 2.24) is 25.0 Å². The molecule has 3 aromatic heterocycles. The van der Waals surface area contributed by atoms with Gasteiger partial charge in [-0.1, -0.05) is 18.2 Å². The van der Waals surface area contributed by atoms with Crippen molar-refractivity contribution in [1.29, 1.82) is 0 Å². The van der Waals surface area contributed by atoms with Crippen molar-refractivity contribution in [3.8, 4) is 5.69 Å². The molecule has 0 atom stereocenters. The summed E-state index contributed by atoms with van der Waals surface area (Å²) in [5, 5.41) is 14.8. The number of amides is 1. The molecule has 118 valence electrons. The fourth-order valence-electron chi connectivity index (χ4n) is 2.53. The van der Waals surface area contributed by atoms with Crippen LogP contribution in [0.2, 0.25) is 0 Å². The number of aromatic amines is 1. The van der Waals surface area contributed by atoms with Gasteiger partial charge in [0.1, 0.15) is 0 Å². The van der Waals surface area contributed by atoms with Gasteiger partial charge in [-0.25, -0.2) is 4.68 Å². The van der Waals surface area contributed by atoms with Crippen molar-refractivity contribution in [2.75, 3.05) is 5.32 Å². The number of nitrogens with one attached hydrogen (secondary N) is 2. The molecule has 0 fully saturated rings. The number of rotatable bonds is 3. The molecule has 4 aromatic rings. The normalized spacial score (nSPS) is 10.9. The summed E-state index contributed by atoms with van der Waals surface area (Å²) in [7, 11) is 0. The molecule has 7 nitrogen and oxygen atoms in total. The van der Waals surface area contributed by atoms with Crippen molar-refractivity contribution < 1.29 is 4.79 Å². The number of para-hydroxylation sites is 1. The zero-order valence-electron chi connectivity index (χ0n) is 12.9. The van der Waals surface area contributed by atoms with Crippen molar-refractivity contribution in [2.45, 2.75) is 6.92 Å². The summed E-state index contributed by atoms with van der Waals surface area (Å²) < 4.78 is 1.69. The van der Waals surface area contributed by atoms with Crippen LogP contribution in [0.25, 0.3) is 16.6 Å². The molecule has 1 aromatic carbocycles. The van der Waals surface area contributed by atoms with Crippen LogP contribution in [0, 0.1) is 6.92 Å². The number of nitrogens with zero attached hydrogens (tertiary/aromatic N) is 4. The van der Waals surface area contributed by atoms with Gasteiger partial charge in [-0.05, 0) is 24.6 Å². The van der Waals surface area contributed by atoms with E-state index in [0.717, 1.165) is 22.2 Å². The van der Waals surface area contributed by atoms with Gasteiger partial charge in [0, 0.05) is 17.8 Å². The molecular weight excluding hydrogens is 304 g/mol. The van der Waals surface area contributed by atoms with E-state index in [1.54, 1.807) is 29.3 Å². The van der Waals surface area contributed by atoms with Crippen molar-refractivity contribution in [2.24, 2.45) is 0 Å². The number of hydrogen-bond donors (Lipinski definition) is 2. The lowest BCUT2D eigenvalue weighted by atomic mass is 10.2. The van der Waals surface area contributed by atoms with Gasteiger partial charge in [0.05, 0.1) is 29.2 Å². The van der Waals surface area contributed by atoms with Crippen molar-refractivity contribution in [3.05, 3.63) is 66.2 Å². The Hall–Kier alpha value is -3.48. The van der Waals surface area contributed by atoms with Gasteiger partial charge in [-0.15, -0.1) is 0 Å². The first-order valence-corrected chi connectivity index (χ1v) is 7.42. The monoisotopic (exact) mass is 318 g/mol. The van der Waals surface area contributed by atoms with Crippen LogP contribution < -0.4 is 5.32 Å². The molecule has 0 spiro atoms. The highest BCUT2D eigenvalue weighted by Crippen LogP contribution is 2.19. The molecular formula is C17H14N6O. The lowest BCUT2D eigenvalue weighted by Crippen LogP contribution is -2.11. The molecule has 4 rings (SSSR count). The number of aromatic nitrogens is 5. The van der Waals surface area contributed by atoms with Crippen molar-refractivity contribution >= 4 is 22.6 Å². The largest absolute Gasteiger partial charge is 0.304 e. The number of hydrogen-bond acceptors (Lipinski definition) is 4. The molecule has 0 unspecified atom stereocenters. The molecule has 1 amide bonds. The fourth-order valence-corrected chi connectivity index (χ4v) is 2.53. The molecule has 0 bridgehead atoms. The highest BCUT2D eigenvalue weighted by Gasteiger charge is 2.13. The Balaban J connectivity index is 1.61. The highest BCUT2D eigenvalue weighted by molar-refractivity contribution is 6.07. The SMILES string of the molecule is Cc1ccccc1-n1cc(C(=O)Nc2n[nH]c3cnccc23)cn1. The van der Waals surface area contributed by atoms with Crippen LogP contribution in [0.1, 0.15) is 15.9 Å². The number of aryl methyl sites for hydroxylation is 1. The van der Waals surface area contributed by atoms with Gasteiger partial charge < -0.3 is 5.32 Å². The minimum absolute atomic E-state index is 0.264. The smallest absolute Gasteiger partial charge is 0.260 e. The zero-order chi connectivity index (χ0) is 16.5. The summed E-state index contributed by atoms with van der Waals surface area (Å²) in [6.07, 6.45) is 6.56. The van der Waals surface area contributed by atoms with E-state index >= 15 is 0 Å². The maximum absolute atomic E-state index is 12.5. The van der Waals surface area contributed by atoms with E-state index in [9.17, 15) is 4.79 Å². The molecule has 0 saturated heterocycles. The molecule has 0 aliphatic carbocycles. The van der Waals surface area contributed by atoms with E-state index in [4.69, 9.17) is 0 Å². The van der Waals surface area contributed by atoms with E-state index < -0.39 is 0 Å². The quantitative estimate of drug-likeness (QED) is 0.608. The third-order valence-electron chi connectivity index (χ3n) is 3.80. The Kier molecular flexibility index (Phi) is 3.31. The second kappa shape index (κ2) is 5.62. The zero-order valence-corrected chi connectivity index (χ0v) is 12.9. The lowest BCUT2D eigenvalue weighted by Gasteiger charge is -2.04. The third-order valence-corrected chi connectivity index (χ3v) is 3.80. The second-order valence-electron chi connectivity index (χ2n) is 5.41. The number of carbonyl (C=O) groups excluding carboxylic acids is 1. The number of H-pyrrole nitrogens is 1. The van der Waals surface area contributed by atoms with E-state index in [1.807, 2.05) is 31.2 Å². The standard InChI is InChI=1S/C17H14N6O/c1-11-4-2-3-5-15(11)23-10-12(8-19-23)17(24)20-16-13-6-7-18-9-14(13)21-22-16/h2-10H,1H3,(H2,20,21,22,24). The predicted molar refractivity (Wildman–Crippen MR) is 90.1 cm³/mol. The molecule has 3 heterocycles. The summed E-state index contributed by atoms with van der Waals surface area (Å²) in [6, 6.07) is 9.66. The van der Waals surface area contributed by atoms with Crippen LogP contribution in [0.15, 0.2) is 55.1 Å². The van der Waals surface area contributed by atoms with Crippen LogP contribution in [0.5, 0.6) is 0 Å². The summed E-state index contributed by atoms with van der Waals surface area (Å²) in [4.78, 5) is 16.5. The first kappa shape index (κ1) is 14.1. The number of pyridine rings is 1. The second-order valence-corrected chi connectivity index (χ2v) is 5.41. The summed E-state index contributed by atoms with van der Waals surface area (Å²) in [6.45, 7) is 2.00. The number of carbonyl (C=O) groups is 1. The van der Waals surface area contributed by atoms with Gasteiger partial charge in [-0.3, -0.25) is 14.9 Å². The Bertz CT molecular complexity index is 1030. The Morgan fingerprint density at radius 1 is 1.21 bits per heavy atom. The first-order valence-electron chi connectivity index (χ1n) is 7.42. The van der Waals surface area contributed by atoms with E-state index in [2.05, 4.69) is 25.6 Å². The summed E-state index contributed by atoms with van der Waals surface area (Å²) >= 11 is 0. The topological polar surface area (TPSA) is 88.5 Å². The molecule has 0 saturated carbocycles. The minimum Gasteiger partial charge on any atom is -0.304 e. The van der Waals surface area contributed by atoms with Crippen LogP contribution >= 0.6 is 0 Å². The maximum Gasteiger partial charge on any atom is 0.260 e.